The zero-order chi connectivity index (χ0) is 15.6. The molecule has 0 aliphatic carbocycles. The predicted octanol–water partition coefficient (Wildman–Crippen LogP) is 1.65. The fourth-order valence-corrected chi connectivity index (χ4v) is 1.77. The first-order valence-corrected chi connectivity index (χ1v) is 6.22. The van der Waals surface area contributed by atoms with Crippen LogP contribution in [0.15, 0.2) is 18.2 Å². The minimum atomic E-state index is -1.10. The van der Waals surface area contributed by atoms with E-state index in [4.69, 9.17) is 5.11 Å². The van der Waals surface area contributed by atoms with Crippen LogP contribution in [0.25, 0.3) is 0 Å². The number of benzene rings is 1. The second-order valence-electron chi connectivity index (χ2n) is 5.32. The fourth-order valence-electron chi connectivity index (χ4n) is 1.77. The first-order chi connectivity index (χ1) is 9.81. The van der Waals surface area contributed by atoms with E-state index < -0.39 is 23.0 Å². The summed E-state index contributed by atoms with van der Waals surface area (Å²) in [7, 11) is 0. The van der Waals surface area contributed by atoms with Crippen LogP contribution in [0.5, 0.6) is 0 Å². The SMILES string of the molecule is CC(C)(Cn1nnnc1Cc1c(F)cccc1F)C(=O)O. The number of nitrogens with zero attached hydrogens (tertiary/aromatic N) is 4. The number of aliphatic carboxylic acids is 1. The minimum absolute atomic E-state index is 0.000732. The van der Waals surface area contributed by atoms with Crippen molar-refractivity contribution < 1.29 is 18.7 Å². The van der Waals surface area contributed by atoms with Gasteiger partial charge in [-0.15, -0.1) is 5.10 Å². The third-order valence-electron chi connectivity index (χ3n) is 3.13. The third kappa shape index (κ3) is 3.21. The van der Waals surface area contributed by atoms with Gasteiger partial charge in [-0.1, -0.05) is 6.07 Å². The Labute approximate surface area is 119 Å². The van der Waals surface area contributed by atoms with E-state index in [0.717, 1.165) is 12.1 Å². The highest BCUT2D eigenvalue weighted by atomic mass is 19.1. The third-order valence-corrected chi connectivity index (χ3v) is 3.13. The van der Waals surface area contributed by atoms with Gasteiger partial charge in [-0.05, 0) is 36.4 Å². The van der Waals surface area contributed by atoms with Crippen molar-refractivity contribution in [2.75, 3.05) is 0 Å². The molecule has 1 aromatic heterocycles. The van der Waals surface area contributed by atoms with E-state index in [0.29, 0.717) is 0 Å². The first kappa shape index (κ1) is 15.0. The summed E-state index contributed by atoms with van der Waals surface area (Å²) in [6, 6.07) is 3.56. The van der Waals surface area contributed by atoms with Gasteiger partial charge in [0, 0.05) is 12.0 Å². The van der Waals surface area contributed by atoms with Crippen LogP contribution in [0.1, 0.15) is 25.2 Å². The van der Waals surface area contributed by atoms with Gasteiger partial charge in [0.25, 0.3) is 0 Å². The Morgan fingerprint density at radius 1 is 1.33 bits per heavy atom. The molecule has 2 rings (SSSR count). The van der Waals surface area contributed by atoms with E-state index in [-0.39, 0.29) is 24.4 Å². The molecule has 0 fully saturated rings. The molecular weight excluding hydrogens is 282 g/mol. The Hall–Kier alpha value is -2.38. The van der Waals surface area contributed by atoms with Crippen molar-refractivity contribution in [3.8, 4) is 0 Å². The van der Waals surface area contributed by atoms with Crippen LogP contribution in [-0.4, -0.2) is 31.3 Å². The second-order valence-corrected chi connectivity index (χ2v) is 5.32. The average Bonchev–Trinajstić information content (AvgIpc) is 2.80. The van der Waals surface area contributed by atoms with Gasteiger partial charge in [-0.25, -0.2) is 13.5 Å². The molecule has 0 atom stereocenters. The minimum Gasteiger partial charge on any atom is -0.481 e. The van der Waals surface area contributed by atoms with Crippen LogP contribution in [0.3, 0.4) is 0 Å². The number of carboxylic acids is 1. The normalized spacial score (nSPS) is 11.6. The van der Waals surface area contributed by atoms with Gasteiger partial charge in [-0.3, -0.25) is 4.79 Å². The topological polar surface area (TPSA) is 80.9 Å². The molecular formula is C13H14F2N4O2. The molecule has 21 heavy (non-hydrogen) atoms. The number of hydrogen-bond acceptors (Lipinski definition) is 4. The summed E-state index contributed by atoms with van der Waals surface area (Å²) in [5.41, 5.74) is -1.25. The zero-order valence-electron chi connectivity index (χ0n) is 11.5. The Bertz CT molecular complexity index is 650. The molecule has 6 nitrogen and oxygen atoms in total. The summed E-state index contributed by atoms with van der Waals surface area (Å²) in [5, 5.41) is 20.0. The van der Waals surface area contributed by atoms with E-state index >= 15 is 0 Å². The smallest absolute Gasteiger partial charge is 0.310 e. The molecule has 2 aromatic rings. The van der Waals surface area contributed by atoms with Crippen LogP contribution >= 0.6 is 0 Å². The molecule has 0 bridgehead atoms. The zero-order valence-corrected chi connectivity index (χ0v) is 11.5. The van der Waals surface area contributed by atoms with Crippen LogP contribution in [0, 0.1) is 17.0 Å². The maximum atomic E-state index is 13.6. The Kier molecular flexibility index (Phi) is 3.97. The molecule has 0 radical (unpaired) electrons. The number of tetrazole rings is 1. The number of hydrogen-bond donors (Lipinski definition) is 1. The van der Waals surface area contributed by atoms with Gasteiger partial charge >= 0.3 is 5.97 Å². The van der Waals surface area contributed by atoms with E-state index in [1.165, 1.54) is 24.6 Å². The molecule has 112 valence electrons. The van der Waals surface area contributed by atoms with E-state index in [2.05, 4.69) is 15.5 Å². The van der Waals surface area contributed by atoms with Crippen molar-refractivity contribution in [1.82, 2.24) is 20.2 Å². The molecule has 0 aliphatic heterocycles. The van der Waals surface area contributed by atoms with Crippen molar-refractivity contribution in [2.24, 2.45) is 5.41 Å². The maximum absolute atomic E-state index is 13.6. The number of halogens is 2. The van der Waals surface area contributed by atoms with Crippen molar-refractivity contribution in [3.63, 3.8) is 0 Å². The van der Waals surface area contributed by atoms with Crippen LogP contribution in [0.4, 0.5) is 8.78 Å². The second kappa shape index (κ2) is 5.55. The highest BCUT2D eigenvalue weighted by molar-refractivity contribution is 5.73. The molecule has 1 heterocycles. The Morgan fingerprint density at radius 2 is 1.95 bits per heavy atom. The molecule has 0 aliphatic rings. The van der Waals surface area contributed by atoms with E-state index in [9.17, 15) is 13.6 Å². The molecule has 0 unspecified atom stereocenters. The van der Waals surface area contributed by atoms with Crippen LogP contribution in [0.2, 0.25) is 0 Å². The van der Waals surface area contributed by atoms with E-state index in [1.54, 1.807) is 0 Å². The molecule has 8 heteroatoms. The van der Waals surface area contributed by atoms with E-state index in [1.807, 2.05) is 0 Å². The van der Waals surface area contributed by atoms with Crippen molar-refractivity contribution in [1.29, 1.82) is 0 Å². The number of carboxylic acid groups (broad SMARTS) is 1. The highest BCUT2D eigenvalue weighted by Gasteiger charge is 2.29. The molecule has 0 amide bonds. The summed E-state index contributed by atoms with van der Waals surface area (Å²) in [4.78, 5) is 11.1. The molecule has 1 N–H and O–H groups in total. The summed E-state index contributed by atoms with van der Waals surface area (Å²) in [6.07, 6.45) is -0.152. The first-order valence-electron chi connectivity index (χ1n) is 6.22. The largest absolute Gasteiger partial charge is 0.481 e. The predicted molar refractivity (Wildman–Crippen MR) is 68.4 cm³/mol. The lowest BCUT2D eigenvalue weighted by Gasteiger charge is -2.19. The maximum Gasteiger partial charge on any atom is 0.310 e. The summed E-state index contributed by atoms with van der Waals surface area (Å²) >= 11 is 0. The monoisotopic (exact) mass is 296 g/mol. The van der Waals surface area contributed by atoms with Gasteiger partial charge < -0.3 is 5.11 Å². The van der Waals surface area contributed by atoms with Gasteiger partial charge in [0.05, 0.1) is 12.0 Å². The highest BCUT2D eigenvalue weighted by Crippen LogP contribution is 2.20. The Morgan fingerprint density at radius 3 is 2.52 bits per heavy atom. The van der Waals surface area contributed by atoms with Crippen LogP contribution in [-0.2, 0) is 17.8 Å². The average molecular weight is 296 g/mol. The van der Waals surface area contributed by atoms with Crippen molar-refractivity contribution in [2.45, 2.75) is 26.8 Å². The lowest BCUT2D eigenvalue weighted by molar-refractivity contribution is -0.147. The molecule has 0 spiro atoms. The lowest BCUT2D eigenvalue weighted by atomic mass is 9.94. The summed E-state index contributed by atoms with van der Waals surface area (Å²) in [6.45, 7) is 3.04. The van der Waals surface area contributed by atoms with Gasteiger partial charge in [-0.2, -0.15) is 0 Å². The van der Waals surface area contributed by atoms with Gasteiger partial charge in [0.15, 0.2) is 5.82 Å². The molecule has 1 aromatic carbocycles. The number of rotatable bonds is 5. The van der Waals surface area contributed by atoms with Crippen molar-refractivity contribution in [3.05, 3.63) is 41.2 Å². The van der Waals surface area contributed by atoms with Crippen molar-refractivity contribution >= 4 is 5.97 Å². The van der Waals surface area contributed by atoms with Crippen LogP contribution < -0.4 is 0 Å². The molecule has 0 saturated heterocycles. The Balaban J connectivity index is 2.28. The summed E-state index contributed by atoms with van der Waals surface area (Å²) < 4.78 is 28.5. The van der Waals surface area contributed by atoms with Gasteiger partial charge in [0.1, 0.15) is 11.6 Å². The number of carbonyl (C=O) groups is 1. The quantitative estimate of drug-likeness (QED) is 0.907. The number of aromatic nitrogens is 4. The van der Waals surface area contributed by atoms with Gasteiger partial charge in [0.2, 0.25) is 0 Å². The standard InChI is InChI=1S/C13H14F2N4O2/c1-13(2,12(20)21)7-19-11(16-17-18-19)6-8-9(14)4-3-5-10(8)15/h3-5H,6-7H2,1-2H3,(H,20,21). The lowest BCUT2D eigenvalue weighted by Crippen LogP contribution is -2.30. The summed E-state index contributed by atoms with van der Waals surface area (Å²) in [5.74, 6) is -2.20. The fraction of sp³-hybridized carbons (Fsp3) is 0.385. The molecule has 0 saturated carbocycles.